The number of nitrogens with two attached hydrogens (primary N) is 1. The van der Waals surface area contributed by atoms with Crippen molar-refractivity contribution >= 4 is 5.82 Å². The van der Waals surface area contributed by atoms with Crippen LogP contribution in [-0.4, -0.2) is 44.2 Å². The average Bonchev–Trinajstić information content (AvgIpc) is 2.64. The molecule has 1 saturated heterocycles. The molecule has 1 aliphatic heterocycles. The first-order chi connectivity index (χ1) is 8.95. The zero-order chi connectivity index (χ0) is 14.2. The minimum absolute atomic E-state index is 0.00248. The van der Waals surface area contributed by atoms with E-state index >= 15 is 0 Å². The van der Waals surface area contributed by atoms with Crippen LogP contribution in [0.15, 0.2) is 29.7 Å². The third-order valence-electron chi connectivity index (χ3n) is 3.12. The Kier molecular flexibility index (Phi) is 3.40. The Bertz CT molecular complexity index is 549. The molecule has 1 aromatic rings. The molecule has 0 aliphatic carbocycles. The molecule has 0 radical (unpaired) electrons. The van der Waals surface area contributed by atoms with Crippen molar-refractivity contribution in [2.24, 2.45) is 0 Å². The van der Waals surface area contributed by atoms with Crippen molar-refractivity contribution in [3.8, 4) is 0 Å². The van der Waals surface area contributed by atoms with Gasteiger partial charge in [-0.3, -0.25) is 4.57 Å². The van der Waals surface area contributed by atoms with Gasteiger partial charge >= 0.3 is 5.69 Å². The Hall–Kier alpha value is -1.77. The topological polar surface area (TPSA) is 111 Å². The number of aromatic nitrogens is 2. The first-order valence-corrected chi connectivity index (χ1v) is 5.54. The minimum Gasteiger partial charge on any atom is -0.393 e. The van der Waals surface area contributed by atoms with Crippen molar-refractivity contribution < 1.29 is 19.3 Å². The van der Waals surface area contributed by atoms with Crippen LogP contribution < -0.4 is 11.4 Å². The van der Waals surface area contributed by atoms with Gasteiger partial charge in [0, 0.05) is 6.20 Å². The molecule has 4 atom stereocenters. The fourth-order valence-corrected chi connectivity index (χ4v) is 1.98. The number of aliphatic hydroxyl groups is 2. The average molecular weight is 271 g/mol. The largest absolute Gasteiger partial charge is 0.393 e. The SMILES string of the molecule is C=C[C@]1(CO)O[C@@H](n2ccc(N)nc2=O)[C@H](O)[C@@H]1F. The number of nitrogen functional groups attached to an aromatic ring is 1. The number of anilines is 1. The number of aliphatic hydroxyl groups excluding tert-OH is 2. The molecular formula is C11H14FN3O4. The summed E-state index contributed by atoms with van der Waals surface area (Å²) in [6, 6.07) is 1.32. The molecule has 0 bridgehead atoms. The Morgan fingerprint density at radius 2 is 2.42 bits per heavy atom. The molecule has 1 fully saturated rings. The number of hydrogen-bond acceptors (Lipinski definition) is 6. The number of hydrogen-bond donors (Lipinski definition) is 3. The van der Waals surface area contributed by atoms with E-state index < -0.39 is 36.4 Å². The van der Waals surface area contributed by atoms with Crippen LogP contribution in [0.4, 0.5) is 10.2 Å². The fourth-order valence-electron chi connectivity index (χ4n) is 1.98. The maximum atomic E-state index is 14.0. The summed E-state index contributed by atoms with van der Waals surface area (Å²) in [6.45, 7) is 2.67. The molecule has 7 nitrogen and oxygen atoms in total. The predicted molar refractivity (Wildman–Crippen MR) is 63.9 cm³/mol. The van der Waals surface area contributed by atoms with Gasteiger partial charge in [0.25, 0.3) is 0 Å². The molecule has 19 heavy (non-hydrogen) atoms. The smallest absolute Gasteiger partial charge is 0.351 e. The van der Waals surface area contributed by atoms with E-state index in [-0.39, 0.29) is 5.82 Å². The van der Waals surface area contributed by atoms with Crippen molar-refractivity contribution in [1.29, 1.82) is 0 Å². The lowest BCUT2D eigenvalue weighted by atomic mass is 9.98. The van der Waals surface area contributed by atoms with Gasteiger partial charge in [-0.05, 0) is 6.07 Å². The molecule has 2 rings (SSSR count). The van der Waals surface area contributed by atoms with E-state index in [0.717, 1.165) is 10.6 Å². The highest BCUT2D eigenvalue weighted by Crippen LogP contribution is 2.39. The van der Waals surface area contributed by atoms with Gasteiger partial charge < -0.3 is 20.7 Å². The Morgan fingerprint density at radius 1 is 1.74 bits per heavy atom. The molecular weight excluding hydrogens is 257 g/mol. The highest BCUT2D eigenvalue weighted by molar-refractivity contribution is 5.24. The fraction of sp³-hybridized carbons (Fsp3) is 0.455. The number of halogens is 1. The quantitative estimate of drug-likeness (QED) is 0.606. The van der Waals surface area contributed by atoms with Crippen LogP contribution in [-0.2, 0) is 4.74 Å². The lowest BCUT2D eigenvalue weighted by Crippen LogP contribution is -2.41. The van der Waals surface area contributed by atoms with E-state index in [2.05, 4.69) is 11.6 Å². The van der Waals surface area contributed by atoms with Gasteiger partial charge in [0.1, 0.15) is 17.5 Å². The van der Waals surface area contributed by atoms with Crippen LogP contribution in [0.3, 0.4) is 0 Å². The van der Waals surface area contributed by atoms with E-state index in [9.17, 15) is 19.4 Å². The standard InChI is InChI=1S/C11H14FN3O4/c1-2-11(5-16)8(12)7(17)9(19-11)15-4-3-6(13)14-10(15)18/h2-4,7-9,16-17H,1,5H2,(H2,13,14,18)/t7-,8+,9-,11-/m1/s1. The third kappa shape index (κ3) is 2.03. The maximum absolute atomic E-state index is 14.0. The summed E-state index contributed by atoms with van der Waals surface area (Å²) in [5.41, 5.74) is 2.81. The molecule has 8 heteroatoms. The molecule has 2 heterocycles. The van der Waals surface area contributed by atoms with Crippen molar-refractivity contribution in [1.82, 2.24) is 9.55 Å². The number of nitrogens with zero attached hydrogens (tertiary/aromatic N) is 2. The second-order valence-corrected chi connectivity index (χ2v) is 4.26. The lowest BCUT2D eigenvalue weighted by molar-refractivity contribution is -0.0925. The summed E-state index contributed by atoms with van der Waals surface area (Å²) in [5.74, 6) is 0.00248. The third-order valence-corrected chi connectivity index (χ3v) is 3.12. The normalized spacial score (nSPS) is 34.4. The van der Waals surface area contributed by atoms with E-state index in [1.165, 1.54) is 12.3 Å². The van der Waals surface area contributed by atoms with Crippen molar-refractivity contribution in [3.05, 3.63) is 35.4 Å². The van der Waals surface area contributed by atoms with Gasteiger partial charge in [-0.25, -0.2) is 9.18 Å². The van der Waals surface area contributed by atoms with Gasteiger partial charge in [-0.1, -0.05) is 6.08 Å². The first-order valence-electron chi connectivity index (χ1n) is 5.54. The molecule has 104 valence electrons. The second kappa shape index (κ2) is 4.72. The van der Waals surface area contributed by atoms with Crippen molar-refractivity contribution in [3.63, 3.8) is 0 Å². The zero-order valence-electron chi connectivity index (χ0n) is 9.94. The van der Waals surface area contributed by atoms with Gasteiger partial charge in [-0.15, -0.1) is 6.58 Å². The first kappa shape index (κ1) is 13.7. The van der Waals surface area contributed by atoms with Gasteiger partial charge in [-0.2, -0.15) is 4.98 Å². The molecule has 1 aliphatic rings. The van der Waals surface area contributed by atoms with Crippen LogP contribution in [0.2, 0.25) is 0 Å². The van der Waals surface area contributed by atoms with Crippen LogP contribution >= 0.6 is 0 Å². The minimum atomic E-state index is -1.91. The van der Waals surface area contributed by atoms with E-state index in [1.54, 1.807) is 0 Å². The van der Waals surface area contributed by atoms with E-state index in [0.29, 0.717) is 0 Å². The molecule has 0 spiro atoms. The maximum Gasteiger partial charge on any atom is 0.351 e. The van der Waals surface area contributed by atoms with E-state index in [1.807, 2.05) is 0 Å². The molecule has 1 aromatic heterocycles. The lowest BCUT2D eigenvalue weighted by Gasteiger charge is -2.24. The molecule has 0 saturated carbocycles. The zero-order valence-corrected chi connectivity index (χ0v) is 9.94. The summed E-state index contributed by atoms with van der Waals surface area (Å²) in [4.78, 5) is 15.1. The highest BCUT2D eigenvalue weighted by Gasteiger charge is 2.54. The highest BCUT2D eigenvalue weighted by atomic mass is 19.1. The van der Waals surface area contributed by atoms with Gasteiger partial charge in [0.2, 0.25) is 0 Å². The summed E-state index contributed by atoms with van der Waals surface area (Å²) in [6.07, 6.45) is -2.54. The summed E-state index contributed by atoms with van der Waals surface area (Å²) in [5, 5.41) is 19.0. The summed E-state index contributed by atoms with van der Waals surface area (Å²) >= 11 is 0. The summed E-state index contributed by atoms with van der Waals surface area (Å²) in [7, 11) is 0. The van der Waals surface area contributed by atoms with Crippen LogP contribution in [0.5, 0.6) is 0 Å². The van der Waals surface area contributed by atoms with Gasteiger partial charge in [0.15, 0.2) is 12.4 Å². The molecule has 0 aromatic carbocycles. The van der Waals surface area contributed by atoms with Crippen LogP contribution in [0.25, 0.3) is 0 Å². The van der Waals surface area contributed by atoms with Crippen LogP contribution in [0, 0.1) is 0 Å². The van der Waals surface area contributed by atoms with Gasteiger partial charge in [0.05, 0.1) is 6.61 Å². The molecule has 0 unspecified atom stereocenters. The van der Waals surface area contributed by atoms with Crippen molar-refractivity contribution in [2.75, 3.05) is 12.3 Å². The predicted octanol–water partition coefficient (Wildman–Crippen LogP) is -1.03. The Balaban J connectivity index is 2.42. The van der Waals surface area contributed by atoms with Crippen LogP contribution in [0.1, 0.15) is 6.23 Å². The number of alkyl halides is 1. The van der Waals surface area contributed by atoms with Crippen molar-refractivity contribution in [2.45, 2.75) is 24.1 Å². The number of rotatable bonds is 3. The Labute approximate surface area is 107 Å². The number of ether oxygens (including phenoxy) is 1. The molecule has 4 N–H and O–H groups in total. The Morgan fingerprint density at radius 3 is 2.89 bits per heavy atom. The molecule has 0 amide bonds. The monoisotopic (exact) mass is 271 g/mol. The second-order valence-electron chi connectivity index (χ2n) is 4.26. The summed E-state index contributed by atoms with van der Waals surface area (Å²) < 4.78 is 20.2. The van der Waals surface area contributed by atoms with E-state index in [4.69, 9.17) is 10.5 Å².